The molecule has 3 fully saturated rings. The van der Waals surface area contributed by atoms with Crippen molar-refractivity contribution in [1.82, 2.24) is 14.7 Å². The summed E-state index contributed by atoms with van der Waals surface area (Å²) in [6.45, 7) is 5.94. The van der Waals surface area contributed by atoms with E-state index in [4.69, 9.17) is 4.74 Å². The topological polar surface area (TPSA) is 65.5 Å². The highest BCUT2D eigenvalue weighted by Crippen LogP contribution is 2.32. The van der Waals surface area contributed by atoms with E-state index in [1.165, 1.54) is 12.8 Å². The van der Waals surface area contributed by atoms with E-state index in [2.05, 4.69) is 14.8 Å². The predicted molar refractivity (Wildman–Crippen MR) is 103 cm³/mol. The summed E-state index contributed by atoms with van der Waals surface area (Å²) in [4.78, 5) is 35.2. The van der Waals surface area contributed by atoms with Gasteiger partial charge in [0.25, 0.3) is 0 Å². The zero-order chi connectivity index (χ0) is 18.8. The molecule has 1 aliphatic carbocycles. The molecule has 0 radical (unpaired) electrons. The van der Waals surface area contributed by atoms with Crippen LogP contribution in [0.5, 0.6) is 0 Å². The summed E-state index contributed by atoms with van der Waals surface area (Å²) < 4.78 is 5.11. The number of hydrogen-bond acceptors (Lipinski definition) is 4. The largest absolute Gasteiger partial charge is 0.450 e. The molecular formula is C20H32N4O3. The zero-order valence-electron chi connectivity index (χ0n) is 16.4. The Morgan fingerprint density at radius 1 is 1.04 bits per heavy atom. The van der Waals surface area contributed by atoms with Crippen LogP contribution in [0.15, 0.2) is 4.99 Å². The molecule has 150 valence electrons. The number of aliphatic imine (C=N–C) groups is 1. The van der Waals surface area contributed by atoms with E-state index in [1.807, 2.05) is 11.8 Å². The molecule has 0 aromatic carbocycles. The minimum atomic E-state index is -0.175. The van der Waals surface area contributed by atoms with Gasteiger partial charge in [0.2, 0.25) is 0 Å². The lowest BCUT2D eigenvalue weighted by atomic mass is 9.90. The number of nitrogens with zero attached hydrogens (tertiary/aromatic N) is 4. The van der Waals surface area contributed by atoms with Crippen molar-refractivity contribution in [2.24, 2.45) is 4.99 Å². The molecule has 3 aliphatic heterocycles. The molecule has 7 heteroatoms. The van der Waals surface area contributed by atoms with E-state index >= 15 is 0 Å². The van der Waals surface area contributed by atoms with Crippen molar-refractivity contribution >= 4 is 17.8 Å². The molecule has 1 atom stereocenters. The van der Waals surface area contributed by atoms with Gasteiger partial charge >= 0.3 is 12.1 Å². The molecule has 2 saturated heterocycles. The highest BCUT2D eigenvalue weighted by atomic mass is 16.6. The van der Waals surface area contributed by atoms with Gasteiger partial charge in [0.15, 0.2) is 0 Å². The Balaban J connectivity index is 1.26. The third-order valence-electron chi connectivity index (χ3n) is 6.74. The van der Waals surface area contributed by atoms with Gasteiger partial charge in [-0.2, -0.15) is 0 Å². The van der Waals surface area contributed by atoms with Gasteiger partial charge < -0.3 is 19.4 Å². The van der Waals surface area contributed by atoms with Crippen LogP contribution in [0.4, 0.5) is 9.59 Å². The number of carbonyl (C=O) groups excluding carboxylic acids is 2. The Morgan fingerprint density at radius 3 is 2.44 bits per heavy atom. The van der Waals surface area contributed by atoms with E-state index in [9.17, 15) is 9.59 Å². The second kappa shape index (κ2) is 8.17. The first-order valence-electron chi connectivity index (χ1n) is 10.7. The minimum Gasteiger partial charge on any atom is -0.450 e. The van der Waals surface area contributed by atoms with Gasteiger partial charge in [-0.15, -0.1) is 0 Å². The number of rotatable bonds is 3. The standard InChI is InChI=1S/C20H32N4O3/c1-2-27-20(26)23-13-7-15(8-14-23)22-11-9-16(10-12-22)24-18-6-4-3-5-17(18)21-19(24)25/h15-16,18H,2-14H2,1H3. The molecule has 0 spiro atoms. The fourth-order valence-electron chi connectivity index (χ4n) is 5.29. The van der Waals surface area contributed by atoms with E-state index in [0.717, 1.165) is 70.4 Å². The normalized spacial score (nSPS) is 28.3. The molecule has 1 unspecified atom stereocenters. The smallest absolute Gasteiger partial charge is 0.409 e. The molecule has 1 saturated carbocycles. The van der Waals surface area contributed by atoms with Gasteiger partial charge in [-0.05, 0) is 51.9 Å². The molecular weight excluding hydrogens is 344 g/mol. The molecule has 4 aliphatic rings. The number of ether oxygens (including phenoxy) is 1. The number of carbonyl (C=O) groups is 2. The monoisotopic (exact) mass is 376 g/mol. The Bertz CT molecular complexity index is 592. The van der Waals surface area contributed by atoms with Crippen molar-refractivity contribution in [1.29, 1.82) is 0 Å². The van der Waals surface area contributed by atoms with E-state index in [-0.39, 0.29) is 18.2 Å². The Hall–Kier alpha value is -1.63. The number of hydrogen-bond donors (Lipinski definition) is 0. The first-order chi connectivity index (χ1) is 13.2. The Morgan fingerprint density at radius 2 is 1.74 bits per heavy atom. The van der Waals surface area contributed by atoms with Crippen molar-refractivity contribution in [2.45, 2.75) is 76.4 Å². The van der Waals surface area contributed by atoms with E-state index in [0.29, 0.717) is 18.7 Å². The van der Waals surface area contributed by atoms with Crippen molar-refractivity contribution in [3.05, 3.63) is 0 Å². The zero-order valence-corrected chi connectivity index (χ0v) is 16.4. The SMILES string of the molecule is CCOC(=O)N1CCC(N2CCC(N3C(=O)N=C4CCCCC43)CC2)CC1. The summed E-state index contributed by atoms with van der Waals surface area (Å²) in [5.41, 5.74) is 1.14. The maximum atomic E-state index is 12.5. The Kier molecular flexibility index (Phi) is 5.66. The number of fused-ring (bicyclic) bond motifs is 1. The molecule has 3 amide bonds. The molecule has 0 aromatic rings. The van der Waals surface area contributed by atoms with Crippen molar-refractivity contribution in [3.8, 4) is 0 Å². The van der Waals surface area contributed by atoms with Crippen LogP contribution in [0.1, 0.15) is 58.3 Å². The van der Waals surface area contributed by atoms with Gasteiger partial charge in [-0.3, -0.25) is 0 Å². The first-order valence-corrected chi connectivity index (χ1v) is 10.7. The number of amides is 3. The number of likely N-dealkylation sites (tertiary alicyclic amines) is 2. The molecule has 3 heterocycles. The van der Waals surface area contributed by atoms with Gasteiger partial charge in [-0.25, -0.2) is 14.6 Å². The minimum absolute atomic E-state index is 0.0121. The van der Waals surface area contributed by atoms with Gasteiger partial charge in [0, 0.05) is 44.0 Å². The summed E-state index contributed by atoms with van der Waals surface area (Å²) >= 11 is 0. The summed E-state index contributed by atoms with van der Waals surface area (Å²) in [5.74, 6) is 0. The van der Waals surface area contributed by atoms with Crippen molar-refractivity contribution in [2.75, 3.05) is 32.8 Å². The average Bonchev–Trinajstić information content (AvgIpc) is 3.04. The highest BCUT2D eigenvalue weighted by molar-refractivity contribution is 6.05. The fraction of sp³-hybridized carbons (Fsp3) is 0.850. The van der Waals surface area contributed by atoms with Crippen LogP contribution in [-0.2, 0) is 4.74 Å². The van der Waals surface area contributed by atoms with Gasteiger partial charge in [0.05, 0.1) is 12.6 Å². The third-order valence-corrected chi connectivity index (χ3v) is 6.74. The van der Waals surface area contributed by atoms with Crippen LogP contribution < -0.4 is 0 Å². The van der Waals surface area contributed by atoms with Crippen LogP contribution in [0.3, 0.4) is 0 Å². The van der Waals surface area contributed by atoms with E-state index in [1.54, 1.807) is 0 Å². The maximum absolute atomic E-state index is 12.5. The lowest BCUT2D eigenvalue weighted by molar-refractivity contribution is 0.0525. The third kappa shape index (κ3) is 3.84. The van der Waals surface area contributed by atoms with Gasteiger partial charge in [-0.1, -0.05) is 6.42 Å². The maximum Gasteiger partial charge on any atom is 0.409 e. The molecule has 0 aromatic heterocycles. The lowest BCUT2D eigenvalue weighted by Crippen LogP contribution is -2.54. The summed E-state index contributed by atoms with van der Waals surface area (Å²) in [6.07, 6.45) is 8.44. The second-order valence-corrected chi connectivity index (χ2v) is 8.24. The van der Waals surface area contributed by atoms with E-state index < -0.39 is 0 Å². The second-order valence-electron chi connectivity index (χ2n) is 8.24. The van der Waals surface area contributed by atoms with Crippen LogP contribution in [0, 0.1) is 0 Å². The molecule has 27 heavy (non-hydrogen) atoms. The van der Waals surface area contributed by atoms with Crippen molar-refractivity contribution in [3.63, 3.8) is 0 Å². The van der Waals surface area contributed by atoms with Crippen LogP contribution in [-0.4, -0.2) is 83.4 Å². The fourth-order valence-corrected chi connectivity index (χ4v) is 5.29. The molecule has 0 bridgehead atoms. The van der Waals surface area contributed by atoms with Gasteiger partial charge in [0.1, 0.15) is 0 Å². The molecule has 0 N–H and O–H groups in total. The summed E-state index contributed by atoms with van der Waals surface area (Å²) in [6, 6.07) is 1.19. The van der Waals surface area contributed by atoms with Crippen LogP contribution in [0.2, 0.25) is 0 Å². The van der Waals surface area contributed by atoms with Crippen molar-refractivity contribution < 1.29 is 14.3 Å². The summed E-state index contributed by atoms with van der Waals surface area (Å²) in [5, 5.41) is 0. The van der Waals surface area contributed by atoms with Crippen LogP contribution >= 0.6 is 0 Å². The Labute approximate surface area is 161 Å². The predicted octanol–water partition coefficient (Wildman–Crippen LogP) is 2.89. The number of piperidine rings is 2. The first kappa shape index (κ1) is 18.7. The average molecular weight is 377 g/mol. The van der Waals surface area contributed by atoms with Crippen LogP contribution in [0.25, 0.3) is 0 Å². The summed E-state index contributed by atoms with van der Waals surface area (Å²) in [7, 11) is 0. The quantitative estimate of drug-likeness (QED) is 0.760. The highest BCUT2D eigenvalue weighted by Gasteiger charge is 2.41. The lowest BCUT2D eigenvalue weighted by Gasteiger charge is -2.44. The number of urea groups is 1. The molecule has 4 rings (SSSR count). The molecule has 7 nitrogen and oxygen atoms in total.